The Balaban J connectivity index is 1.66. The lowest BCUT2D eigenvalue weighted by molar-refractivity contribution is 0.198. The van der Waals surface area contributed by atoms with Gasteiger partial charge in [-0.1, -0.05) is 46.0 Å². The molecule has 1 nitrogen and oxygen atoms in total. The molecule has 0 amide bonds. The Morgan fingerprint density at radius 2 is 2.00 bits per heavy atom. The summed E-state index contributed by atoms with van der Waals surface area (Å²) in [6.45, 7) is 7.00. The van der Waals surface area contributed by atoms with Gasteiger partial charge in [-0.15, -0.1) is 0 Å². The van der Waals surface area contributed by atoms with Gasteiger partial charge >= 0.3 is 0 Å². The molecule has 0 radical (unpaired) electrons. The molecule has 1 saturated carbocycles. The molecule has 0 aromatic carbocycles. The molecule has 1 aromatic heterocycles. The van der Waals surface area contributed by atoms with E-state index in [2.05, 4.69) is 38.0 Å². The predicted molar refractivity (Wildman–Crippen MR) is 91.4 cm³/mol. The number of hydrogen-bond acceptors (Lipinski definition) is 1. The minimum Gasteiger partial charge on any atom is -0.264 e. The number of nitrogens with zero attached hydrogens (tertiary/aromatic N) is 1. The van der Waals surface area contributed by atoms with Gasteiger partial charge in [0.05, 0.1) is 0 Å². The van der Waals surface area contributed by atoms with Crippen LogP contribution in [-0.2, 0) is 6.42 Å². The summed E-state index contributed by atoms with van der Waals surface area (Å²) in [7, 11) is 0. The lowest BCUT2D eigenvalue weighted by Crippen LogP contribution is -2.20. The number of aryl methyl sites for hydroxylation is 2. The van der Waals surface area contributed by atoms with Gasteiger partial charge in [-0.05, 0) is 67.6 Å². The highest BCUT2D eigenvalue weighted by molar-refractivity contribution is 5.21. The third-order valence-corrected chi connectivity index (χ3v) is 5.65. The first-order valence-electron chi connectivity index (χ1n) is 9.10. The molecule has 1 fully saturated rings. The zero-order valence-electron chi connectivity index (χ0n) is 14.3. The standard InChI is InChI=1S/C20H33N/c1-4-6-16(2)19-11-9-18(10-12-19)7-5-8-20-15-21-14-13-17(20)3/h13-16,18-19H,4-12H2,1-3H3. The zero-order valence-corrected chi connectivity index (χ0v) is 14.3. The van der Waals surface area contributed by atoms with Gasteiger partial charge in [0.2, 0.25) is 0 Å². The van der Waals surface area contributed by atoms with Gasteiger partial charge in [-0.3, -0.25) is 4.98 Å². The first kappa shape index (κ1) is 16.5. The van der Waals surface area contributed by atoms with E-state index in [4.69, 9.17) is 0 Å². The van der Waals surface area contributed by atoms with Crippen molar-refractivity contribution in [1.29, 1.82) is 0 Å². The van der Waals surface area contributed by atoms with Gasteiger partial charge in [-0.2, -0.15) is 0 Å². The summed E-state index contributed by atoms with van der Waals surface area (Å²) >= 11 is 0. The molecule has 1 aliphatic carbocycles. The molecular weight excluding hydrogens is 254 g/mol. The minimum absolute atomic E-state index is 0.953. The lowest BCUT2D eigenvalue weighted by Gasteiger charge is -2.32. The van der Waals surface area contributed by atoms with Crippen molar-refractivity contribution in [3.63, 3.8) is 0 Å². The Labute approximate surface area is 131 Å². The van der Waals surface area contributed by atoms with Gasteiger partial charge < -0.3 is 0 Å². The highest BCUT2D eigenvalue weighted by atomic mass is 14.6. The maximum absolute atomic E-state index is 4.26. The molecule has 0 bridgehead atoms. The van der Waals surface area contributed by atoms with Crippen molar-refractivity contribution in [2.45, 2.75) is 78.6 Å². The molecule has 1 aromatic rings. The van der Waals surface area contributed by atoms with Gasteiger partial charge in [0.1, 0.15) is 0 Å². The number of rotatable bonds is 7. The van der Waals surface area contributed by atoms with E-state index in [9.17, 15) is 0 Å². The summed E-state index contributed by atoms with van der Waals surface area (Å²) in [4.78, 5) is 4.26. The van der Waals surface area contributed by atoms with Crippen LogP contribution in [0.5, 0.6) is 0 Å². The van der Waals surface area contributed by atoms with Gasteiger partial charge in [0, 0.05) is 12.4 Å². The molecule has 0 spiro atoms. The Bertz CT molecular complexity index is 404. The highest BCUT2D eigenvalue weighted by Gasteiger charge is 2.24. The molecule has 2 rings (SSSR count). The molecule has 1 unspecified atom stereocenters. The molecular formula is C20H33N. The van der Waals surface area contributed by atoms with E-state index in [-0.39, 0.29) is 0 Å². The van der Waals surface area contributed by atoms with E-state index < -0.39 is 0 Å². The van der Waals surface area contributed by atoms with Crippen LogP contribution in [0.15, 0.2) is 18.5 Å². The smallest absolute Gasteiger partial charge is 0.0302 e. The molecule has 1 aliphatic rings. The monoisotopic (exact) mass is 287 g/mol. The normalized spacial score (nSPS) is 24.0. The summed E-state index contributed by atoms with van der Waals surface area (Å²) < 4.78 is 0. The van der Waals surface area contributed by atoms with Crippen LogP contribution in [0.1, 0.15) is 76.3 Å². The van der Waals surface area contributed by atoms with Crippen molar-refractivity contribution in [2.24, 2.45) is 17.8 Å². The fourth-order valence-corrected chi connectivity index (χ4v) is 4.08. The van der Waals surface area contributed by atoms with Crippen LogP contribution in [0.3, 0.4) is 0 Å². The fraction of sp³-hybridized carbons (Fsp3) is 0.750. The zero-order chi connectivity index (χ0) is 15.1. The largest absolute Gasteiger partial charge is 0.264 e. The number of hydrogen-bond donors (Lipinski definition) is 0. The van der Waals surface area contributed by atoms with Crippen molar-refractivity contribution in [1.82, 2.24) is 4.98 Å². The van der Waals surface area contributed by atoms with Crippen LogP contribution in [0.25, 0.3) is 0 Å². The van der Waals surface area contributed by atoms with Crippen LogP contribution < -0.4 is 0 Å². The summed E-state index contributed by atoms with van der Waals surface area (Å²) in [5, 5.41) is 0. The first-order chi connectivity index (χ1) is 10.2. The van der Waals surface area contributed by atoms with Crippen molar-refractivity contribution >= 4 is 0 Å². The topological polar surface area (TPSA) is 12.9 Å². The minimum atomic E-state index is 0.953. The van der Waals surface area contributed by atoms with Gasteiger partial charge in [0.25, 0.3) is 0 Å². The quantitative estimate of drug-likeness (QED) is 0.603. The van der Waals surface area contributed by atoms with Gasteiger partial charge in [-0.25, -0.2) is 0 Å². The third kappa shape index (κ3) is 5.13. The number of aromatic nitrogens is 1. The van der Waals surface area contributed by atoms with E-state index in [0.29, 0.717) is 0 Å². The summed E-state index contributed by atoms with van der Waals surface area (Å²) in [5.41, 5.74) is 2.85. The molecule has 0 aliphatic heterocycles. The second-order valence-corrected chi connectivity index (χ2v) is 7.24. The second-order valence-electron chi connectivity index (χ2n) is 7.24. The molecule has 0 N–H and O–H groups in total. The van der Waals surface area contributed by atoms with Crippen LogP contribution in [0.4, 0.5) is 0 Å². The van der Waals surface area contributed by atoms with Crippen LogP contribution in [0.2, 0.25) is 0 Å². The van der Waals surface area contributed by atoms with E-state index in [1.807, 2.05) is 6.20 Å². The Hall–Kier alpha value is -0.850. The first-order valence-corrected chi connectivity index (χ1v) is 9.10. The Morgan fingerprint density at radius 3 is 2.67 bits per heavy atom. The van der Waals surface area contributed by atoms with Crippen molar-refractivity contribution in [3.05, 3.63) is 29.6 Å². The van der Waals surface area contributed by atoms with Crippen LogP contribution in [0, 0.1) is 24.7 Å². The lowest BCUT2D eigenvalue weighted by atomic mass is 9.74. The third-order valence-electron chi connectivity index (χ3n) is 5.65. The molecule has 0 saturated heterocycles. The van der Waals surface area contributed by atoms with E-state index in [1.165, 1.54) is 68.9 Å². The SMILES string of the molecule is CCCC(C)C1CCC(CCCc2cnccc2C)CC1. The van der Waals surface area contributed by atoms with E-state index in [1.54, 1.807) is 0 Å². The molecule has 1 heterocycles. The van der Waals surface area contributed by atoms with Crippen LogP contribution in [-0.4, -0.2) is 4.98 Å². The fourth-order valence-electron chi connectivity index (χ4n) is 4.08. The van der Waals surface area contributed by atoms with Crippen molar-refractivity contribution < 1.29 is 0 Å². The van der Waals surface area contributed by atoms with Crippen molar-refractivity contribution in [3.8, 4) is 0 Å². The van der Waals surface area contributed by atoms with Gasteiger partial charge in [0.15, 0.2) is 0 Å². The molecule has 1 heteroatoms. The summed E-state index contributed by atoms with van der Waals surface area (Å²) in [5.74, 6) is 2.96. The molecule has 21 heavy (non-hydrogen) atoms. The number of pyridine rings is 1. The summed E-state index contributed by atoms with van der Waals surface area (Å²) in [6.07, 6.45) is 16.6. The van der Waals surface area contributed by atoms with E-state index >= 15 is 0 Å². The average Bonchev–Trinajstić information content (AvgIpc) is 2.50. The second kappa shape index (κ2) is 8.56. The predicted octanol–water partition coefficient (Wildman–Crippen LogP) is 5.96. The van der Waals surface area contributed by atoms with E-state index in [0.717, 1.165) is 17.8 Å². The Kier molecular flexibility index (Phi) is 6.73. The maximum Gasteiger partial charge on any atom is 0.0302 e. The van der Waals surface area contributed by atoms with Crippen molar-refractivity contribution in [2.75, 3.05) is 0 Å². The molecule has 1 atom stereocenters. The average molecular weight is 287 g/mol. The van der Waals surface area contributed by atoms with Crippen LogP contribution >= 0.6 is 0 Å². The maximum atomic E-state index is 4.26. The Morgan fingerprint density at radius 1 is 1.24 bits per heavy atom. The highest BCUT2D eigenvalue weighted by Crippen LogP contribution is 2.37. The summed E-state index contributed by atoms with van der Waals surface area (Å²) in [6, 6.07) is 2.13. The molecule has 118 valence electrons.